The van der Waals surface area contributed by atoms with Crippen molar-refractivity contribution in [3.05, 3.63) is 52.4 Å². The van der Waals surface area contributed by atoms with Crippen molar-refractivity contribution < 1.29 is 9.59 Å². The highest BCUT2D eigenvalue weighted by atomic mass is 16.2. The van der Waals surface area contributed by atoms with Crippen molar-refractivity contribution in [1.82, 2.24) is 5.32 Å². The Hall–Kier alpha value is -2.36. The fourth-order valence-electron chi connectivity index (χ4n) is 4.04. The third-order valence-corrected chi connectivity index (χ3v) is 5.67. The zero-order chi connectivity index (χ0) is 18.8. The number of dihydropyridines is 1. The van der Waals surface area contributed by atoms with Crippen LogP contribution in [0.1, 0.15) is 52.0 Å². The number of rotatable bonds is 4. The molecular weight excluding hydrogens is 324 g/mol. The van der Waals surface area contributed by atoms with Crippen LogP contribution in [-0.4, -0.2) is 11.7 Å². The van der Waals surface area contributed by atoms with Crippen molar-refractivity contribution in [1.29, 1.82) is 0 Å². The highest BCUT2D eigenvalue weighted by molar-refractivity contribution is 6.08. The van der Waals surface area contributed by atoms with Gasteiger partial charge >= 0.3 is 0 Å². The van der Waals surface area contributed by atoms with Gasteiger partial charge in [-0.3, -0.25) is 9.59 Å². The molecule has 1 aromatic rings. The van der Waals surface area contributed by atoms with E-state index >= 15 is 0 Å². The molecule has 0 radical (unpaired) electrons. The molecule has 0 fully saturated rings. The molecule has 2 unspecified atom stereocenters. The van der Waals surface area contributed by atoms with Crippen LogP contribution in [0.3, 0.4) is 0 Å². The van der Waals surface area contributed by atoms with Gasteiger partial charge in [0, 0.05) is 40.6 Å². The van der Waals surface area contributed by atoms with Crippen LogP contribution in [0.25, 0.3) is 0 Å². The fraction of sp³-hybridized carbons (Fsp3) is 0.455. The molecule has 0 saturated heterocycles. The molecule has 1 aliphatic carbocycles. The molecule has 0 bridgehead atoms. The molecule has 138 valence electrons. The Labute approximate surface area is 155 Å². The number of carbonyl (C=O) groups is 2. The van der Waals surface area contributed by atoms with Crippen molar-refractivity contribution in [2.75, 3.05) is 5.32 Å². The lowest BCUT2D eigenvalue weighted by Crippen LogP contribution is -2.39. The second-order valence-corrected chi connectivity index (χ2v) is 7.46. The molecule has 3 rings (SSSR count). The summed E-state index contributed by atoms with van der Waals surface area (Å²) in [7, 11) is 0. The normalized spacial score (nSPS) is 21.2. The number of carbonyl (C=O) groups excluding carboxylic acids is 2. The summed E-state index contributed by atoms with van der Waals surface area (Å²) in [5.41, 5.74) is 5.28. The number of ketones is 1. The van der Waals surface area contributed by atoms with Gasteiger partial charge in [-0.1, -0.05) is 38.5 Å². The number of nitrogens with one attached hydrogen (secondary N) is 2. The number of para-hydroxylation sites is 1. The van der Waals surface area contributed by atoms with E-state index in [2.05, 4.69) is 24.5 Å². The Bertz CT molecular complexity index is 804. The van der Waals surface area contributed by atoms with E-state index in [1.807, 2.05) is 38.1 Å². The molecule has 1 aromatic carbocycles. The molecule has 1 aliphatic heterocycles. The predicted molar refractivity (Wildman–Crippen MR) is 104 cm³/mol. The van der Waals surface area contributed by atoms with Crippen LogP contribution in [-0.2, 0) is 9.59 Å². The number of aryl methyl sites for hydroxylation is 1. The first-order valence-electron chi connectivity index (χ1n) is 9.55. The van der Waals surface area contributed by atoms with E-state index in [0.717, 1.165) is 47.5 Å². The Morgan fingerprint density at radius 3 is 2.69 bits per heavy atom. The summed E-state index contributed by atoms with van der Waals surface area (Å²) >= 11 is 0. The van der Waals surface area contributed by atoms with Crippen LogP contribution in [0.2, 0.25) is 0 Å². The minimum atomic E-state index is -0.131. The molecular formula is C22H28N2O2. The summed E-state index contributed by atoms with van der Waals surface area (Å²) in [6.45, 7) is 8.18. The van der Waals surface area contributed by atoms with Gasteiger partial charge in [0.1, 0.15) is 0 Å². The number of anilines is 1. The minimum absolute atomic E-state index is 0.112. The molecule has 2 aliphatic rings. The van der Waals surface area contributed by atoms with Crippen molar-refractivity contribution in [2.45, 2.75) is 53.4 Å². The standard InChI is InChI=1S/C22H28N2O2/c1-5-13(2)19-20(22(26)24-16-10-7-6-9-14(16)3)15(4)23-17-11-8-12-18(25)21(17)19/h6-7,9-10,13,19,23H,5,8,11-12H2,1-4H3,(H,24,26). The van der Waals surface area contributed by atoms with E-state index in [9.17, 15) is 9.59 Å². The molecule has 26 heavy (non-hydrogen) atoms. The molecule has 1 heterocycles. The average molecular weight is 352 g/mol. The van der Waals surface area contributed by atoms with Crippen molar-refractivity contribution >= 4 is 17.4 Å². The second-order valence-electron chi connectivity index (χ2n) is 7.46. The van der Waals surface area contributed by atoms with Crippen LogP contribution in [0.4, 0.5) is 5.69 Å². The molecule has 4 heteroatoms. The van der Waals surface area contributed by atoms with Gasteiger partial charge in [0.2, 0.25) is 0 Å². The van der Waals surface area contributed by atoms with Gasteiger partial charge in [0.25, 0.3) is 5.91 Å². The van der Waals surface area contributed by atoms with Gasteiger partial charge in [0.05, 0.1) is 0 Å². The summed E-state index contributed by atoms with van der Waals surface area (Å²) in [6, 6.07) is 7.76. The Kier molecular flexibility index (Phi) is 5.30. The number of Topliss-reactive ketones (excluding diaryl/α,β-unsaturated/α-hetero) is 1. The van der Waals surface area contributed by atoms with Crippen LogP contribution >= 0.6 is 0 Å². The topological polar surface area (TPSA) is 58.2 Å². The lowest BCUT2D eigenvalue weighted by atomic mass is 9.72. The van der Waals surface area contributed by atoms with E-state index in [1.54, 1.807) is 0 Å². The quantitative estimate of drug-likeness (QED) is 0.840. The van der Waals surface area contributed by atoms with Crippen LogP contribution in [0, 0.1) is 18.8 Å². The molecule has 2 atom stereocenters. The molecule has 2 N–H and O–H groups in total. The first kappa shape index (κ1) is 18.4. The number of benzene rings is 1. The van der Waals surface area contributed by atoms with Crippen LogP contribution in [0.15, 0.2) is 46.8 Å². The smallest absolute Gasteiger partial charge is 0.253 e. The predicted octanol–water partition coefficient (Wildman–Crippen LogP) is 4.48. The van der Waals surface area contributed by atoms with E-state index < -0.39 is 0 Å². The van der Waals surface area contributed by atoms with Crippen molar-refractivity contribution in [2.24, 2.45) is 11.8 Å². The largest absolute Gasteiger partial charge is 0.362 e. The molecule has 0 spiro atoms. The van der Waals surface area contributed by atoms with Gasteiger partial charge < -0.3 is 10.6 Å². The summed E-state index contributed by atoms with van der Waals surface area (Å²) in [5.74, 6) is 0.182. The number of hydrogen-bond acceptors (Lipinski definition) is 3. The fourth-order valence-corrected chi connectivity index (χ4v) is 4.04. The van der Waals surface area contributed by atoms with E-state index in [1.165, 1.54) is 0 Å². The van der Waals surface area contributed by atoms with Gasteiger partial charge in [-0.15, -0.1) is 0 Å². The van der Waals surface area contributed by atoms with Gasteiger partial charge in [-0.2, -0.15) is 0 Å². The monoisotopic (exact) mass is 352 g/mol. The molecule has 1 amide bonds. The van der Waals surface area contributed by atoms with Gasteiger partial charge in [-0.25, -0.2) is 0 Å². The van der Waals surface area contributed by atoms with Crippen molar-refractivity contribution in [3.8, 4) is 0 Å². The average Bonchev–Trinajstić information content (AvgIpc) is 2.62. The minimum Gasteiger partial charge on any atom is -0.362 e. The summed E-state index contributed by atoms with van der Waals surface area (Å²) in [6.07, 6.45) is 3.27. The van der Waals surface area contributed by atoms with Crippen LogP contribution < -0.4 is 10.6 Å². The first-order chi connectivity index (χ1) is 12.4. The third kappa shape index (κ3) is 3.33. The Morgan fingerprint density at radius 2 is 2.00 bits per heavy atom. The number of allylic oxidation sites excluding steroid dienone is 3. The first-order valence-corrected chi connectivity index (χ1v) is 9.55. The summed E-state index contributed by atoms with van der Waals surface area (Å²) in [4.78, 5) is 25.9. The maximum absolute atomic E-state index is 13.2. The molecule has 4 nitrogen and oxygen atoms in total. The van der Waals surface area contributed by atoms with E-state index in [0.29, 0.717) is 12.0 Å². The maximum atomic E-state index is 13.2. The summed E-state index contributed by atoms with van der Waals surface area (Å²) in [5, 5.41) is 6.43. The highest BCUT2D eigenvalue weighted by Crippen LogP contribution is 2.41. The lowest BCUT2D eigenvalue weighted by molar-refractivity contribution is -0.117. The lowest BCUT2D eigenvalue weighted by Gasteiger charge is -2.37. The molecule has 0 aromatic heterocycles. The third-order valence-electron chi connectivity index (χ3n) is 5.67. The van der Waals surface area contributed by atoms with Crippen molar-refractivity contribution in [3.63, 3.8) is 0 Å². The summed E-state index contributed by atoms with van der Waals surface area (Å²) < 4.78 is 0. The number of hydrogen-bond donors (Lipinski definition) is 2. The van der Waals surface area contributed by atoms with Gasteiger partial charge in [0.15, 0.2) is 5.78 Å². The zero-order valence-electron chi connectivity index (χ0n) is 16.1. The van der Waals surface area contributed by atoms with Gasteiger partial charge in [-0.05, 0) is 44.2 Å². The zero-order valence-corrected chi connectivity index (χ0v) is 16.1. The Morgan fingerprint density at radius 1 is 1.27 bits per heavy atom. The van der Waals surface area contributed by atoms with Crippen LogP contribution in [0.5, 0.6) is 0 Å². The SMILES string of the molecule is CCC(C)C1C(C(=O)Nc2ccccc2C)=C(C)NC2=C1C(=O)CCC2. The molecule has 0 saturated carbocycles. The highest BCUT2D eigenvalue weighted by Gasteiger charge is 2.39. The second kappa shape index (κ2) is 7.48. The Balaban J connectivity index is 1.99. The maximum Gasteiger partial charge on any atom is 0.253 e. The van der Waals surface area contributed by atoms with E-state index in [-0.39, 0.29) is 23.5 Å². The number of amides is 1. The van der Waals surface area contributed by atoms with E-state index in [4.69, 9.17) is 0 Å².